The van der Waals surface area contributed by atoms with Crippen LogP contribution in [-0.4, -0.2) is 22.5 Å². The van der Waals surface area contributed by atoms with Gasteiger partial charge in [-0.3, -0.25) is 0 Å². The highest BCUT2D eigenvalue weighted by Crippen LogP contribution is 2.33. The van der Waals surface area contributed by atoms with Crippen LogP contribution in [0.1, 0.15) is 11.7 Å². The molecule has 100 valence electrons. The van der Waals surface area contributed by atoms with Crippen LogP contribution >= 0.6 is 0 Å². The third kappa shape index (κ3) is 3.23. The number of carbonyl (C=O) groups is 1. The summed E-state index contributed by atoms with van der Waals surface area (Å²) in [6.07, 6.45) is -7.23. The third-order valence-corrected chi connectivity index (χ3v) is 1.86. The number of hydrogen-bond donors (Lipinski definition) is 3. The highest BCUT2D eigenvalue weighted by molar-refractivity contribution is 5.75. The van der Waals surface area contributed by atoms with E-state index in [1.54, 1.807) is 0 Å². The lowest BCUT2D eigenvalue weighted by Gasteiger charge is -2.14. The van der Waals surface area contributed by atoms with Crippen LogP contribution in [0, 0.1) is 5.82 Å². The molecule has 1 atom stereocenters. The lowest BCUT2D eigenvalue weighted by Crippen LogP contribution is -2.19. The fourth-order valence-corrected chi connectivity index (χ4v) is 1.16. The van der Waals surface area contributed by atoms with Crippen molar-refractivity contribution in [2.24, 2.45) is 0 Å². The van der Waals surface area contributed by atoms with Crippen molar-refractivity contribution in [1.29, 1.82) is 0 Å². The Hall–Kier alpha value is -2.03. The number of alkyl halides is 3. The topological polar surface area (TPSA) is 92.8 Å². The van der Waals surface area contributed by atoms with E-state index in [0.717, 1.165) is 0 Å². The minimum absolute atomic E-state index is 0.399. The summed E-state index contributed by atoms with van der Waals surface area (Å²) in [6, 6.07) is 1.08. The van der Waals surface area contributed by atoms with Crippen LogP contribution in [0.4, 0.5) is 23.2 Å². The van der Waals surface area contributed by atoms with Gasteiger partial charge in [-0.05, 0) is 17.7 Å². The lowest BCUT2D eigenvalue weighted by atomic mass is 10.1. The van der Waals surface area contributed by atoms with Crippen LogP contribution in [0.5, 0.6) is 5.75 Å². The second-order valence-corrected chi connectivity index (χ2v) is 3.21. The highest BCUT2D eigenvalue weighted by atomic mass is 19.4. The van der Waals surface area contributed by atoms with Gasteiger partial charge in [0.2, 0.25) is 0 Å². The van der Waals surface area contributed by atoms with Crippen LogP contribution in [-0.2, 0) is 4.79 Å². The number of hydrogen-bond acceptors (Lipinski definition) is 4. The first-order valence-electron chi connectivity index (χ1n) is 4.37. The Morgan fingerprint density at radius 2 is 1.94 bits per heavy atom. The van der Waals surface area contributed by atoms with Crippen molar-refractivity contribution in [3.05, 3.63) is 23.5 Å². The average molecular weight is 269 g/mol. The number of halogens is 4. The van der Waals surface area contributed by atoms with Crippen LogP contribution in [0.2, 0.25) is 0 Å². The van der Waals surface area contributed by atoms with Crippen LogP contribution in [0.3, 0.4) is 0 Å². The molecular formula is C9H7F4NO4. The molecule has 1 aromatic carbocycles. The number of aliphatic hydroxyl groups excluding tert-OH is 1. The van der Waals surface area contributed by atoms with E-state index < -0.39 is 41.3 Å². The van der Waals surface area contributed by atoms with E-state index in [0.29, 0.717) is 12.1 Å². The Bertz CT molecular complexity index is 451. The maximum atomic E-state index is 13.3. The molecule has 0 spiro atoms. The van der Waals surface area contributed by atoms with Crippen molar-refractivity contribution >= 4 is 11.7 Å². The van der Waals surface area contributed by atoms with Crippen molar-refractivity contribution in [3.8, 4) is 5.75 Å². The summed E-state index contributed by atoms with van der Waals surface area (Å²) in [5, 5.41) is 17.5. The predicted molar refractivity (Wildman–Crippen MR) is 50.1 cm³/mol. The quantitative estimate of drug-likeness (QED) is 0.570. The second kappa shape index (κ2) is 4.69. The zero-order valence-corrected chi connectivity index (χ0v) is 8.53. The average Bonchev–Trinajstić information content (AvgIpc) is 2.20. The van der Waals surface area contributed by atoms with Gasteiger partial charge in [-0.15, -0.1) is 13.2 Å². The van der Waals surface area contributed by atoms with Gasteiger partial charge in [0, 0.05) is 0 Å². The molecule has 0 aliphatic rings. The number of aliphatic hydroxyl groups is 1. The first kappa shape index (κ1) is 14.0. The number of nitrogen functional groups attached to an aromatic ring is 1. The van der Waals surface area contributed by atoms with Crippen molar-refractivity contribution < 1.29 is 37.3 Å². The molecule has 0 radical (unpaired) electrons. The Morgan fingerprint density at radius 1 is 1.39 bits per heavy atom. The predicted octanol–water partition coefficient (Wildman–Crippen LogP) is 1.42. The third-order valence-electron chi connectivity index (χ3n) is 1.86. The molecule has 9 heteroatoms. The molecule has 0 amide bonds. The van der Waals surface area contributed by atoms with E-state index in [-0.39, 0.29) is 0 Å². The number of ether oxygens (including phenoxy) is 1. The fraction of sp³-hybridized carbons (Fsp3) is 0.222. The molecular weight excluding hydrogens is 262 g/mol. The van der Waals surface area contributed by atoms with Gasteiger partial charge < -0.3 is 20.7 Å². The van der Waals surface area contributed by atoms with E-state index in [9.17, 15) is 22.4 Å². The van der Waals surface area contributed by atoms with E-state index >= 15 is 0 Å². The minimum Gasteiger partial charge on any atom is -0.479 e. The largest absolute Gasteiger partial charge is 0.573 e. The Labute approximate surface area is 97.4 Å². The van der Waals surface area contributed by atoms with E-state index in [2.05, 4.69) is 4.74 Å². The van der Waals surface area contributed by atoms with Gasteiger partial charge in [-0.2, -0.15) is 0 Å². The van der Waals surface area contributed by atoms with E-state index in [4.69, 9.17) is 15.9 Å². The number of rotatable bonds is 3. The monoisotopic (exact) mass is 269 g/mol. The van der Waals surface area contributed by atoms with Crippen LogP contribution in [0.25, 0.3) is 0 Å². The smallest absolute Gasteiger partial charge is 0.479 e. The summed E-state index contributed by atoms with van der Waals surface area (Å²) >= 11 is 0. The summed E-state index contributed by atoms with van der Waals surface area (Å²) in [5.41, 5.74) is 3.83. The van der Waals surface area contributed by atoms with Gasteiger partial charge in [0.15, 0.2) is 17.7 Å². The number of carboxylic acids is 1. The Morgan fingerprint density at radius 3 is 2.33 bits per heavy atom. The van der Waals surface area contributed by atoms with Crippen molar-refractivity contribution in [2.45, 2.75) is 12.5 Å². The summed E-state index contributed by atoms with van der Waals surface area (Å²) in [7, 11) is 0. The van der Waals surface area contributed by atoms with Crippen molar-refractivity contribution in [2.75, 3.05) is 5.73 Å². The second-order valence-electron chi connectivity index (χ2n) is 3.21. The van der Waals surface area contributed by atoms with Gasteiger partial charge in [0.05, 0.1) is 5.69 Å². The first-order chi connectivity index (χ1) is 8.11. The normalized spacial score (nSPS) is 13.2. The Kier molecular flexibility index (Phi) is 3.65. The van der Waals surface area contributed by atoms with E-state index in [1.807, 2.05) is 0 Å². The maximum absolute atomic E-state index is 13.3. The zero-order chi connectivity index (χ0) is 14.1. The molecule has 1 unspecified atom stereocenters. The summed E-state index contributed by atoms with van der Waals surface area (Å²) in [5.74, 6) is -4.50. The summed E-state index contributed by atoms with van der Waals surface area (Å²) in [4.78, 5) is 10.4. The summed E-state index contributed by atoms with van der Waals surface area (Å²) < 4.78 is 52.3. The summed E-state index contributed by atoms with van der Waals surface area (Å²) in [6.45, 7) is 0. The van der Waals surface area contributed by atoms with Crippen molar-refractivity contribution in [3.63, 3.8) is 0 Å². The molecule has 0 aliphatic heterocycles. The molecule has 0 aromatic heterocycles. The number of aliphatic carboxylic acids is 1. The van der Waals surface area contributed by atoms with E-state index in [1.165, 1.54) is 0 Å². The standard InChI is InChI=1S/C9H7F4NO4/c10-4-1-3(6(15)8(16)17)2-5(14)7(4)18-9(11,12)13/h1-2,6,15H,14H2,(H,16,17). The highest BCUT2D eigenvalue weighted by Gasteiger charge is 2.34. The molecule has 4 N–H and O–H groups in total. The zero-order valence-electron chi connectivity index (χ0n) is 8.53. The molecule has 18 heavy (non-hydrogen) atoms. The molecule has 0 heterocycles. The van der Waals surface area contributed by atoms with Gasteiger partial charge >= 0.3 is 12.3 Å². The van der Waals surface area contributed by atoms with Gasteiger partial charge in [-0.25, -0.2) is 9.18 Å². The molecule has 5 nitrogen and oxygen atoms in total. The Balaban J connectivity index is 3.16. The molecule has 0 aliphatic carbocycles. The SMILES string of the molecule is Nc1cc(C(O)C(=O)O)cc(F)c1OC(F)(F)F. The van der Waals surface area contributed by atoms with Crippen LogP contribution < -0.4 is 10.5 Å². The minimum atomic E-state index is -5.14. The molecule has 0 saturated heterocycles. The molecule has 0 fully saturated rings. The number of anilines is 1. The fourth-order valence-electron chi connectivity index (χ4n) is 1.16. The van der Waals surface area contributed by atoms with Crippen LogP contribution in [0.15, 0.2) is 12.1 Å². The number of benzene rings is 1. The molecule has 1 rings (SSSR count). The van der Waals surface area contributed by atoms with Gasteiger partial charge in [-0.1, -0.05) is 0 Å². The lowest BCUT2D eigenvalue weighted by molar-refractivity contribution is -0.275. The van der Waals surface area contributed by atoms with Gasteiger partial charge in [0.25, 0.3) is 0 Å². The molecule has 0 saturated carbocycles. The van der Waals surface area contributed by atoms with Crippen molar-refractivity contribution in [1.82, 2.24) is 0 Å². The number of carboxylic acid groups (broad SMARTS) is 1. The molecule has 0 bridgehead atoms. The maximum Gasteiger partial charge on any atom is 0.573 e. The number of nitrogens with two attached hydrogens (primary N) is 1. The first-order valence-corrected chi connectivity index (χ1v) is 4.37. The molecule has 1 aromatic rings. The van der Waals surface area contributed by atoms with Gasteiger partial charge in [0.1, 0.15) is 0 Å².